The van der Waals surface area contributed by atoms with Crippen LogP contribution in [0.25, 0.3) is 0 Å². The fraction of sp³-hybridized carbons (Fsp3) is 0.400. The van der Waals surface area contributed by atoms with Gasteiger partial charge in [0.05, 0.1) is 11.8 Å². The summed E-state index contributed by atoms with van der Waals surface area (Å²) in [5.41, 5.74) is 0.479. The molecule has 1 heterocycles. The Bertz CT molecular complexity index is 331. The summed E-state index contributed by atoms with van der Waals surface area (Å²) in [6.45, 7) is 0.427. The zero-order valence-corrected chi connectivity index (χ0v) is 8.47. The van der Waals surface area contributed by atoms with Crippen molar-refractivity contribution in [2.24, 2.45) is 0 Å². The molecule has 82 valence electrons. The van der Waals surface area contributed by atoms with Crippen molar-refractivity contribution in [1.29, 1.82) is 0 Å². The van der Waals surface area contributed by atoms with E-state index in [9.17, 15) is 9.59 Å². The molecule has 1 rings (SSSR count). The third kappa shape index (κ3) is 3.46. The van der Waals surface area contributed by atoms with Crippen molar-refractivity contribution in [2.45, 2.75) is 12.8 Å². The molecule has 0 saturated carbocycles. The summed E-state index contributed by atoms with van der Waals surface area (Å²) >= 11 is 0. The minimum atomic E-state index is -0.848. The van der Waals surface area contributed by atoms with Crippen LogP contribution in [0.3, 0.4) is 0 Å². The van der Waals surface area contributed by atoms with Crippen LogP contribution in [0, 0.1) is 0 Å². The Morgan fingerprint density at radius 1 is 1.53 bits per heavy atom. The van der Waals surface area contributed by atoms with Gasteiger partial charge in [-0.1, -0.05) is 0 Å². The molecule has 1 N–H and O–H groups in total. The van der Waals surface area contributed by atoms with Gasteiger partial charge in [-0.2, -0.15) is 0 Å². The van der Waals surface area contributed by atoms with Crippen molar-refractivity contribution in [3.05, 3.63) is 24.2 Å². The van der Waals surface area contributed by atoms with E-state index in [4.69, 9.17) is 9.52 Å². The number of aliphatic carboxylic acids is 1. The van der Waals surface area contributed by atoms with Crippen LogP contribution in [-0.2, 0) is 4.79 Å². The van der Waals surface area contributed by atoms with Gasteiger partial charge in [-0.25, -0.2) is 0 Å². The maximum atomic E-state index is 11.6. The number of carbonyl (C=O) groups excluding carboxylic acids is 1. The first-order valence-electron chi connectivity index (χ1n) is 4.60. The molecule has 1 aromatic rings. The van der Waals surface area contributed by atoms with Crippen molar-refractivity contribution in [3.63, 3.8) is 0 Å². The largest absolute Gasteiger partial charge is 0.481 e. The van der Waals surface area contributed by atoms with Gasteiger partial charge in [0.25, 0.3) is 5.91 Å². The average molecular weight is 211 g/mol. The minimum absolute atomic E-state index is 0.0724. The summed E-state index contributed by atoms with van der Waals surface area (Å²) in [6.07, 6.45) is 3.33. The molecule has 5 nitrogen and oxygen atoms in total. The number of rotatable bonds is 5. The van der Waals surface area contributed by atoms with Crippen LogP contribution in [0.2, 0.25) is 0 Å². The monoisotopic (exact) mass is 211 g/mol. The van der Waals surface area contributed by atoms with E-state index < -0.39 is 5.97 Å². The summed E-state index contributed by atoms with van der Waals surface area (Å²) in [6, 6.07) is 1.58. The Morgan fingerprint density at radius 2 is 2.27 bits per heavy atom. The van der Waals surface area contributed by atoms with E-state index in [1.807, 2.05) is 0 Å². The molecule has 5 heteroatoms. The number of carbonyl (C=O) groups is 2. The first-order chi connectivity index (χ1) is 7.11. The predicted octanol–water partition coefficient (Wildman–Crippen LogP) is 1.22. The van der Waals surface area contributed by atoms with E-state index in [0.717, 1.165) is 0 Å². The Balaban J connectivity index is 2.37. The van der Waals surface area contributed by atoms with Gasteiger partial charge in [0.15, 0.2) is 0 Å². The van der Waals surface area contributed by atoms with Crippen molar-refractivity contribution in [3.8, 4) is 0 Å². The van der Waals surface area contributed by atoms with Gasteiger partial charge in [0.1, 0.15) is 6.26 Å². The predicted molar refractivity (Wildman–Crippen MR) is 52.5 cm³/mol. The summed E-state index contributed by atoms with van der Waals surface area (Å²) in [5, 5.41) is 8.43. The topological polar surface area (TPSA) is 70.8 Å². The third-order valence-corrected chi connectivity index (χ3v) is 2.00. The Kier molecular flexibility index (Phi) is 3.91. The lowest BCUT2D eigenvalue weighted by molar-refractivity contribution is -0.137. The van der Waals surface area contributed by atoms with Gasteiger partial charge >= 0.3 is 5.97 Å². The van der Waals surface area contributed by atoms with Crippen molar-refractivity contribution >= 4 is 11.9 Å². The SMILES string of the molecule is CN(CCCC(=O)O)C(=O)c1ccoc1. The summed E-state index contributed by atoms with van der Waals surface area (Å²) in [5.74, 6) is -1.01. The number of hydrogen-bond donors (Lipinski definition) is 1. The minimum Gasteiger partial charge on any atom is -0.481 e. The lowest BCUT2D eigenvalue weighted by Gasteiger charge is -2.15. The molecule has 0 aromatic carbocycles. The second-order valence-corrected chi connectivity index (χ2v) is 3.24. The number of amides is 1. The first-order valence-corrected chi connectivity index (χ1v) is 4.60. The van der Waals surface area contributed by atoms with E-state index in [2.05, 4.69) is 0 Å². The molecular formula is C10H13NO4. The van der Waals surface area contributed by atoms with E-state index in [1.165, 1.54) is 17.4 Å². The summed E-state index contributed by atoms with van der Waals surface area (Å²) in [7, 11) is 1.64. The van der Waals surface area contributed by atoms with E-state index >= 15 is 0 Å². The first kappa shape index (κ1) is 11.3. The smallest absolute Gasteiger partial charge is 0.303 e. The van der Waals surface area contributed by atoms with Gasteiger partial charge < -0.3 is 14.4 Å². The van der Waals surface area contributed by atoms with Crippen LogP contribution < -0.4 is 0 Å². The van der Waals surface area contributed by atoms with Crippen LogP contribution in [0.5, 0.6) is 0 Å². The Morgan fingerprint density at radius 3 is 2.80 bits per heavy atom. The van der Waals surface area contributed by atoms with Crippen LogP contribution >= 0.6 is 0 Å². The second-order valence-electron chi connectivity index (χ2n) is 3.24. The van der Waals surface area contributed by atoms with Crippen molar-refractivity contribution in [2.75, 3.05) is 13.6 Å². The van der Waals surface area contributed by atoms with Crippen LogP contribution in [0.1, 0.15) is 23.2 Å². The van der Waals surface area contributed by atoms with Crippen LogP contribution in [0.15, 0.2) is 23.0 Å². The third-order valence-electron chi connectivity index (χ3n) is 2.00. The van der Waals surface area contributed by atoms with Gasteiger partial charge in [-0.15, -0.1) is 0 Å². The lowest BCUT2D eigenvalue weighted by Crippen LogP contribution is -2.27. The molecule has 0 aliphatic carbocycles. The molecule has 15 heavy (non-hydrogen) atoms. The zero-order chi connectivity index (χ0) is 11.3. The highest BCUT2D eigenvalue weighted by Crippen LogP contribution is 2.05. The molecule has 0 aliphatic rings. The van der Waals surface area contributed by atoms with Gasteiger partial charge in [-0.05, 0) is 12.5 Å². The highest BCUT2D eigenvalue weighted by molar-refractivity contribution is 5.93. The average Bonchev–Trinajstić information content (AvgIpc) is 2.68. The highest BCUT2D eigenvalue weighted by Gasteiger charge is 2.12. The van der Waals surface area contributed by atoms with Crippen molar-refractivity contribution < 1.29 is 19.1 Å². The number of hydrogen-bond acceptors (Lipinski definition) is 3. The number of nitrogens with zero attached hydrogens (tertiary/aromatic N) is 1. The quantitative estimate of drug-likeness (QED) is 0.794. The maximum Gasteiger partial charge on any atom is 0.303 e. The molecule has 0 radical (unpaired) electrons. The maximum absolute atomic E-state index is 11.6. The fourth-order valence-corrected chi connectivity index (χ4v) is 1.18. The second kappa shape index (κ2) is 5.19. The normalized spacial score (nSPS) is 9.93. The van der Waals surface area contributed by atoms with Crippen LogP contribution in [0.4, 0.5) is 0 Å². The molecule has 0 aliphatic heterocycles. The molecule has 0 bridgehead atoms. The van der Waals surface area contributed by atoms with E-state index in [-0.39, 0.29) is 12.3 Å². The Hall–Kier alpha value is -1.78. The lowest BCUT2D eigenvalue weighted by atomic mass is 10.2. The molecule has 0 saturated heterocycles. The number of carboxylic acid groups (broad SMARTS) is 1. The van der Waals surface area contributed by atoms with E-state index in [0.29, 0.717) is 18.5 Å². The molecule has 0 unspecified atom stereocenters. The van der Waals surface area contributed by atoms with Gasteiger partial charge in [0, 0.05) is 20.0 Å². The van der Waals surface area contributed by atoms with Gasteiger partial charge in [0.2, 0.25) is 0 Å². The van der Waals surface area contributed by atoms with E-state index in [1.54, 1.807) is 13.1 Å². The zero-order valence-electron chi connectivity index (χ0n) is 8.47. The molecular weight excluding hydrogens is 198 g/mol. The molecule has 0 fully saturated rings. The van der Waals surface area contributed by atoms with Crippen molar-refractivity contribution in [1.82, 2.24) is 4.90 Å². The fourth-order valence-electron chi connectivity index (χ4n) is 1.18. The molecule has 0 atom stereocenters. The number of carboxylic acids is 1. The summed E-state index contributed by atoms with van der Waals surface area (Å²) < 4.78 is 4.79. The molecule has 1 aromatic heterocycles. The highest BCUT2D eigenvalue weighted by atomic mass is 16.4. The Labute approximate surface area is 87.3 Å². The van der Waals surface area contributed by atoms with Crippen LogP contribution in [-0.4, -0.2) is 35.5 Å². The standard InChI is InChI=1S/C10H13NO4/c1-11(5-2-3-9(12)13)10(14)8-4-6-15-7-8/h4,6-7H,2-3,5H2,1H3,(H,12,13). The molecule has 1 amide bonds. The summed E-state index contributed by atoms with van der Waals surface area (Å²) in [4.78, 5) is 23.3. The number of furan rings is 1. The van der Waals surface area contributed by atoms with Gasteiger partial charge in [-0.3, -0.25) is 9.59 Å². The molecule has 0 spiro atoms.